The first-order chi connectivity index (χ1) is 25.2. The number of pyridine rings is 1. The van der Waals surface area contributed by atoms with Crippen LogP contribution in [0, 0.1) is 11.3 Å². The molecule has 0 atom stereocenters. The number of hydrogen-bond donors (Lipinski definition) is 0. The number of hydrogen-bond acceptors (Lipinski definition) is 4. The van der Waals surface area contributed by atoms with Gasteiger partial charge in [0.15, 0.2) is 5.82 Å². The molecule has 0 saturated heterocycles. The molecule has 9 aromatic rings. The largest absolute Gasteiger partial charge is 0.230 e. The lowest BCUT2D eigenvalue weighted by molar-refractivity contribution is 0.979. The number of benzene rings is 6. The Morgan fingerprint density at radius 2 is 0.961 bits per heavy atom. The third-order valence-electron chi connectivity index (χ3n) is 9.28. The third kappa shape index (κ3) is 5.51. The van der Waals surface area contributed by atoms with Gasteiger partial charge < -0.3 is 0 Å². The van der Waals surface area contributed by atoms with Crippen molar-refractivity contribution >= 4 is 16.3 Å². The molecule has 6 aromatic carbocycles. The highest BCUT2D eigenvalue weighted by atomic mass is 15.2. The van der Waals surface area contributed by atoms with Crippen LogP contribution in [-0.4, -0.2) is 19.6 Å². The van der Waals surface area contributed by atoms with Crippen molar-refractivity contribution in [2.24, 2.45) is 0 Å². The zero-order chi connectivity index (χ0) is 34.1. The van der Waals surface area contributed by atoms with Gasteiger partial charge >= 0.3 is 0 Å². The Balaban J connectivity index is 1.17. The average Bonchev–Trinajstić information content (AvgIpc) is 3.62. The minimum Gasteiger partial charge on any atom is -0.230 e. The van der Waals surface area contributed by atoms with E-state index in [1.54, 1.807) is 0 Å². The molecular formula is C46H29N5. The van der Waals surface area contributed by atoms with Gasteiger partial charge in [0.2, 0.25) is 0 Å². The van der Waals surface area contributed by atoms with Crippen LogP contribution < -0.4 is 0 Å². The van der Waals surface area contributed by atoms with E-state index in [0.29, 0.717) is 17.1 Å². The SMILES string of the molecule is N#Cc1c(-c2ccccc2)nn2c(-c3ccccc3)cc3ccc(-c4ccc(-c5cc(-c6ccccc6)nc(-c6ccccc6)n5)cc4)cc3c12. The fourth-order valence-electron chi connectivity index (χ4n) is 6.74. The summed E-state index contributed by atoms with van der Waals surface area (Å²) in [6.07, 6.45) is 0. The lowest BCUT2D eigenvalue weighted by atomic mass is 9.97. The summed E-state index contributed by atoms with van der Waals surface area (Å²) >= 11 is 0. The Labute approximate surface area is 295 Å². The summed E-state index contributed by atoms with van der Waals surface area (Å²) < 4.78 is 1.94. The molecule has 0 aliphatic carbocycles. The zero-order valence-electron chi connectivity index (χ0n) is 27.5. The molecule has 0 unspecified atom stereocenters. The number of fused-ring (bicyclic) bond motifs is 3. The normalized spacial score (nSPS) is 11.1. The van der Waals surface area contributed by atoms with Gasteiger partial charge in [-0.3, -0.25) is 0 Å². The van der Waals surface area contributed by atoms with Gasteiger partial charge in [0, 0.05) is 33.2 Å². The van der Waals surface area contributed by atoms with E-state index in [0.717, 1.165) is 72.3 Å². The second-order valence-corrected chi connectivity index (χ2v) is 12.4. The van der Waals surface area contributed by atoms with Crippen LogP contribution in [0.5, 0.6) is 0 Å². The van der Waals surface area contributed by atoms with E-state index in [1.165, 1.54) is 0 Å². The first-order valence-corrected chi connectivity index (χ1v) is 16.8. The van der Waals surface area contributed by atoms with Gasteiger partial charge in [-0.05, 0) is 34.7 Å². The molecule has 0 fully saturated rings. The van der Waals surface area contributed by atoms with E-state index in [4.69, 9.17) is 15.1 Å². The van der Waals surface area contributed by atoms with E-state index in [9.17, 15) is 5.26 Å². The van der Waals surface area contributed by atoms with Crippen LogP contribution in [0.25, 0.3) is 83.8 Å². The van der Waals surface area contributed by atoms with Crippen molar-refractivity contribution in [3.8, 4) is 73.6 Å². The molecule has 0 bridgehead atoms. The van der Waals surface area contributed by atoms with Crippen molar-refractivity contribution in [3.05, 3.63) is 181 Å². The van der Waals surface area contributed by atoms with Gasteiger partial charge in [0.25, 0.3) is 0 Å². The van der Waals surface area contributed by atoms with Crippen LogP contribution in [0.3, 0.4) is 0 Å². The van der Waals surface area contributed by atoms with Crippen LogP contribution in [-0.2, 0) is 0 Å². The lowest BCUT2D eigenvalue weighted by Gasteiger charge is -2.12. The monoisotopic (exact) mass is 651 g/mol. The fourth-order valence-corrected chi connectivity index (χ4v) is 6.74. The maximum atomic E-state index is 10.6. The molecule has 3 aromatic heterocycles. The van der Waals surface area contributed by atoms with Gasteiger partial charge in [0.05, 0.1) is 22.6 Å². The number of rotatable bonds is 6. The maximum absolute atomic E-state index is 10.6. The van der Waals surface area contributed by atoms with Gasteiger partial charge in [-0.2, -0.15) is 10.4 Å². The molecule has 3 heterocycles. The number of nitrogens with zero attached hydrogens (tertiary/aromatic N) is 5. The van der Waals surface area contributed by atoms with E-state index >= 15 is 0 Å². The molecule has 238 valence electrons. The molecule has 5 nitrogen and oxygen atoms in total. The van der Waals surface area contributed by atoms with E-state index in [-0.39, 0.29) is 0 Å². The molecule has 5 heteroatoms. The molecule has 0 amide bonds. The number of aromatic nitrogens is 4. The molecule has 0 saturated carbocycles. The first kappa shape index (κ1) is 29.9. The summed E-state index contributed by atoms with van der Waals surface area (Å²) in [4.78, 5) is 9.94. The minimum atomic E-state index is 0.559. The Bertz CT molecular complexity index is 2660. The van der Waals surface area contributed by atoms with Crippen LogP contribution in [0.15, 0.2) is 176 Å². The van der Waals surface area contributed by atoms with E-state index < -0.39 is 0 Å². The molecule has 0 aliphatic rings. The summed E-state index contributed by atoms with van der Waals surface area (Å²) in [5, 5.41) is 17.7. The highest BCUT2D eigenvalue weighted by molar-refractivity contribution is 6.04. The molecule has 0 N–H and O–H groups in total. The van der Waals surface area contributed by atoms with Crippen molar-refractivity contribution in [1.29, 1.82) is 5.26 Å². The Hall–Kier alpha value is -7.16. The van der Waals surface area contributed by atoms with E-state index in [2.05, 4.69) is 84.9 Å². The predicted molar refractivity (Wildman–Crippen MR) is 206 cm³/mol. The Morgan fingerprint density at radius 3 is 1.57 bits per heavy atom. The van der Waals surface area contributed by atoms with Crippen LogP contribution in [0.4, 0.5) is 0 Å². The Morgan fingerprint density at radius 1 is 0.451 bits per heavy atom. The minimum absolute atomic E-state index is 0.559. The molecule has 51 heavy (non-hydrogen) atoms. The highest BCUT2D eigenvalue weighted by Gasteiger charge is 2.20. The average molecular weight is 652 g/mol. The second kappa shape index (κ2) is 12.7. The molecule has 0 spiro atoms. The second-order valence-electron chi connectivity index (χ2n) is 12.4. The molecular weight excluding hydrogens is 623 g/mol. The van der Waals surface area contributed by atoms with Crippen LogP contribution in [0.2, 0.25) is 0 Å². The number of nitriles is 1. The van der Waals surface area contributed by atoms with Crippen molar-refractivity contribution < 1.29 is 0 Å². The van der Waals surface area contributed by atoms with Crippen molar-refractivity contribution in [2.75, 3.05) is 0 Å². The zero-order valence-corrected chi connectivity index (χ0v) is 27.5. The summed E-state index contributed by atoms with van der Waals surface area (Å²) in [5.41, 5.74) is 11.8. The van der Waals surface area contributed by atoms with E-state index in [1.807, 2.05) is 102 Å². The molecule has 0 aliphatic heterocycles. The van der Waals surface area contributed by atoms with Gasteiger partial charge in [-0.1, -0.05) is 158 Å². The summed E-state index contributed by atoms with van der Waals surface area (Å²) in [5.74, 6) is 0.688. The standard InChI is InChI=1S/C46H29N5/c47-30-40-44(35-17-9-3-10-18-35)50-51-43(34-15-7-2-8-16-34)28-38-26-25-37(27-39(38)45(40)51)31-21-23-33(24-22-31)42-29-41(32-13-5-1-6-14-32)48-46(49-42)36-19-11-4-12-20-36/h1-29H. The summed E-state index contributed by atoms with van der Waals surface area (Å²) in [7, 11) is 0. The lowest BCUT2D eigenvalue weighted by Crippen LogP contribution is -1.96. The van der Waals surface area contributed by atoms with Crippen LogP contribution in [0.1, 0.15) is 5.56 Å². The summed E-state index contributed by atoms with van der Waals surface area (Å²) in [6.45, 7) is 0. The summed E-state index contributed by atoms with van der Waals surface area (Å²) in [6, 6.07) is 62.2. The fraction of sp³-hybridized carbons (Fsp3) is 0. The smallest absolute Gasteiger partial charge is 0.160 e. The highest BCUT2D eigenvalue weighted by Crippen LogP contribution is 2.37. The maximum Gasteiger partial charge on any atom is 0.160 e. The van der Waals surface area contributed by atoms with Crippen molar-refractivity contribution in [3.63, 3.8) is 0 Å². The topological polar surface area (TPSA) is 66.9 Å². The molecule has 0 radical (unpaired) electrons. The Kier molecular flexibility index (Phi) is 7.46. The van der Waals surface area contributed by atoms with Gasteiger partial charge in [-0.15, -0.1) is 0 Å². The van der Waals surface area contributed by atoms with Gasteiger partial charge in [0.1, 0.15) is 17.3 Å². The quantitative estimate of drug-likeness (QED) is 0.179. The molecule has 9 rings (SSSR count). The third-order valence-corrected chi connectivity index (χ3v) is 9.28. The van der Waals surface area contributed by atoms with Crippen molar-refractivity contribution in [2.45, 2.75) is 0 Å². The first-order valence-electron chi connectivity index (χ1n) is 16.8. The van der Waals surface area contributed by atoms with Crippen LogP contribution >= 0.6 is 0 Å². The van der Waals surface area contributed by atoms with Crippen molar-refractivity contribution in [1.82, 2.24) is 19.6 Å². The van der Waals surface area contributed by atoms with Gasteiger partial charge in [-0.25, -0.2) is 14.5 Å². The predicted octanol–water partition coefficient (Wildman–Crippen LogP) is 11.2.